The molecule has 0 saturated carbocycles. The minimum absolute atomic E-state index is 0.887. The Labute approximate surface area is 136 Å². The third-order valence-corrected chi connectivity index (χ3v) is 4.39. The van der Waals surface area contributed by atoms with Crippen LogP contribution in [-0.2, 0) is 6.54 Å². The number of ether oxygens (including phenoxy) is 2. The highest BCUT2D eigenvalue weighted by atomic mass is 32.1. The van der Waals surface area contributed by atoms with Crippen LogP contribution in [0.2, 0.25) is 0 Å². The van der Waals surface area contributed by atoms with E-state index in [4.69, 9.17) is 9.47 Å². The molecule has 22 heavy (non-hydrogen) atoms. The fourth-order valence-corrected chi connectivity index (χ4v) is 3.15. The van der Waals surface area contributed by atoms with E-state index in [-0.39, 0.29) is 0 Å². The first-order valence-electron chi connectivity index (χ1n) is 7.53. The van der Waals surface area contributed by atoms with Gasteiger partial charge in [-0.3, -0.25) is 0 Å². The first kappa shape index (κ1) is 15.1. The van der Waals surface area contributed by atoms with E-state index in [1.54, 1.807) is 14.2 Å². The van der Waals surface area contributed by atoms with Crippen molar-refractivity contribution in [2.24, 2.45) is 0 Å². The second kappa shape index (κ2) is 6.53. The van der Waals surface area contributed by atoms with E-state index in [0.29, 0.717) is 0 Å². The maximum absolute atomic E-state index is 5.39. The van der Waals surface area contributed by atoms with Gasteiger partial charge in [0.05, 0.1) is 25.3 Å². The molecule has 0 unspecified atom stereocenters. The molecular formula is C18H21NO2S. The Kier molecular flexibility index (Phi) is 4.48. The molecule has 2 aromatic carbocycles. The molecule has 116 valence electrons. The van der Waals surface area contributed by atoms with E-state index >= 15 is 0 Å². The molecule has 1 aromatic heterocycles. The number of benzene rings is 2. The summed E-state index contributed by atoms with van der Waals surface area (Å²) in [7, 11) is 3.41. The van der Waals surface area contributed by atoms with Crippen molar-refractivity contribution in [1.29, 1.82) is 0 Å². The molecule has 0 atom stereocenters. The van der Waals surface area contributed by atoms with Crippen molar-refractivity contribution in [2.45, 2.75) is 19.4 Å². The smallest absolute Gasteiger partial charge is 0.120 e. The van der Waals surface area contributed by atoms with Gasteiger partial charge in [-0.25, -0.2) is 0 Å². The molecule has 0 spiro atoms. The van der Waals surface area contributed by atoms with E-state index < -0.39 is 0 Å². The number of rotatable bonds is 6. The van der Waals surface area contributed by atoms with E-state index in [0.717, 1.165) is 36.6 Å². The summed E-state index contributed by atoms with van der Waals surface area (Å²) in [5, 5.41) is 2.51. The summed E-state index contributed by atoms with van der Waals surface area (Å²) in [5.74, 6) is 2.69. The highest BCUT2D eigenvalue weighted by Crippen LogP contribution is 2.33. The fourth-order valence-electron chi connectivity index (χ4n) is 2.93. The number of hydrogen-bond donors (Lipinski definition) is 1. The summed E-state index contributed by atoms with van der Waals surface area (Å²) in [6.07, 6.45) is 2.22. The van der Waals surface area contributed by atoms with Crippen molar-refractivity contribution in [3.63, 3.8) is 0 Å². The topological polar surface area (TPSA) is 23.4 Å². The Balaban J connectivity index is 2.22. The van der Waals surface area contributed by atoms with Crippen LogP contribution in [0.15, 0.2) is 36.4 Å². The number of hydrogen-bond acceptors (Lipinski definition) is 3. The third kappa shape index (κ3) is 2.63. The molecule has 0 aliphatic heterocycles. The van der Waals surface area contributed by atoms with Crippen LogP contribution in [0, 0.1) is 0 Å². The van der Waals surface area contributed by atoms with Crippen molar-refractivity contribution in [3.8, 4) is 11.5 Å². The van der Waals surface area contributed by atoms with Crippen molar-refractivity contribution in [3.05, 3.63) is 36.4 Å². The summed E-state index contributed by atoms with van der Waals surface area (Å²) in [6.45, 7) is 0.973. The predicted octanol–water partition coefficient (Wildman–Crippen LogP) is 4.52. The summed E-state index contributed by atoms with van der Waals surface area (Å²) >= 11 is 4.31. The van der Waals surface area contributed by atoms with Crippen molar-refractivity contribution in [2.75, 3.05) is 20.0 Å². The van der Waals surface area contributed by atoms with Crippen LogP contribution in [-0.4, -0.2) is 24.5 Å². The van der Waals surface area contributed by atoms with Crippen LogP contribution < -0.4 is 9.47 Å². The molecule has 0 radical (unpaired) electrons. The van der Waals surface area contributed by atoms with Gasteiger partial charge in [0, 0.05) is 29.4 Å². The lowest BCUT2D eigenvalue weighted by atomic mass is 10.1. The highest BCUT2D eigenvalue weighted by molar-refractivity contribution is 7.80. The van der Waals surface area contributed by atoms with Crippen LogP contribution in [0.1, 0.15) is 12.8 Å². The predicted molar refractivity (Wildman–Crippen MR) is 95.6 cm³/mol. The van der Waals surface area contributed by atoms with Crippen LogP contribution in [0.3, 0.4) is 0 Å². The molecule has 0 fully saturated rings. The lowest BCUT2D eigenvalue weighted by molar-refractivity contribution is 0.415. The van der Waals surface area contributed by atoms with Crippen LogP contribution in [0.4, 0.5) is 0 Å². The minimum Gasteiger partial charge on any atom is -0.497 e. The molecule has 3 aromatic rings. The van der Waals surface area contributed by atoms with Gasteiger partial charge < -0.3 is 14.0 Å². The zero-order chi connectivity index (χ0) is 15.5. The van der Waals surface area contributed by atoms with Crippen LogP contribution in [0.25, 0.3) is 21.8 Å². The summed E-state index contributed by atoms with van der Waals surface area (Å²) in [5.41, 5.74) is 2.42. The number of methoxy groups -OCH3 is 2. The molecule has 0 saturated heterocycles. The normalized spacial score (nSPS) is 11.2. The standard InChI is InChI=1S/C18H21NO2S/c1-20-13-5-7-15-16-8-6-14(21-2)12-18(16)19(17(15)11-13)9-3-4-10-22/h5-8,11-12,22H,3-4,9-10H2,1-2H3. The molecular weight excluding hydrogens is 294 g/mol. The van der Waals surface area contributed by atoms with Gasteiger partial charge in [0.2, 0.25) is 0 Å². The minimum atomic E-state index is 0.887. The van der Waals surface area contributed by atoms with E-state index in [1.165, 1.54) is 21.8 Å². The van der Waals surface area contributed by atoms with Gasteiger partial charge in [0.15, 0.2) is 0 Å². The van der Waals surface area contributed by atoms with Gasteiger partial charge in [-0.15, -0.1) is 0 Å². The van der Waals surface area contributed by atoms with Gasteiger partial charge in [0.25, 0.3) is 0 Å². The third-order valence-electron chi connectivity index (χ3n) is 4.07. The van der Waals surface area contributed by atoms with Gasteiger partial charge >= 0.3 is 0 Å². The van der Waals surface area contributed by atoms with Crippen molar-refractivity contribution >= 4 is 34.4 Å². The molecule has 3 rings (SSSR count). The quantitative estimate of drug-likeness (QED) is 0.534. The fraction of sp³-hybridized carbons (Fsp3) is 0.333. The summed E-state index contributed by atoms with van der Waals surface area (Å²) < 4.78 is 13.1. The number of aromatic nitrogens is 1. The van der Waals surface area contributed by atoms with E-state index in [2.05, 4.69) is 41.5 Å². The lowest BCUT2D eigenvalue weighted by Gasteiger charge is -2.08. The van der Waals surface area contributed by atoms with Crippen molar-refractivity contribution in [1.82, 2.24) is 4.57 Å². The lowest BCUT2D eigenvalue weighted by Crippen LogP contribution is -1.98. The monoisotopic (exact) mass is 315 g/mol. The number of nitrogens with zero attached hydrogens (tertiary/aromatic N) is 1. The Hall–Kier alpha value is -1.81. The van der Waals surface area contributed by atoms with Crippen LogP contribution in [0.5, 0.6) is 11.5 Å². The average molecular weight is 315 g/mol. The Bertz CT molecular complexity index is 733. The Morgan fingerprint density at radius 1 is 0.864 bits per heavy atom. The number of thiol groups is 1. The molecule has 0 amide bonds. The second-order valence-electron chi connectivity index (χ2n) is 5.35. The number of fused-ring (bicyclic) bond motifs is 3. The molecule has 0 bridgehead atoms. The zero-order valence-electron chi connectivity index (χ0n) is 13.0. The SMILES string of the molecule is COc1ccc2c3ccc(OC)cc3n(CCCCS)c2c1. The van der Waals surface area contributed by atoms with E-state index in [1.807, 2.05) is 12.1 Å². The highest BCUT2D eigenvalue weighted by Gasteiger charge is 2.12. The second-order valence-corrected chi connectivity index (χ2v) is 5.80. The first-order valence-corrected chi connectivity index (χ1v) is 8.16. The van der Waals surface area contributed by atoms with Crippen LogP contribution >= 0.6 is 12.6 Å². The number of unbranched alkanes of at least 4 members (excludes halogenated alkanes) is 1. The zero-order valence-corrected chi connectivity index (χ0v) is 13.9. The number of aryl methyl sites for hydroxylation is 1. The maximum Gasteiger partial charge on any atom is 0.120 e. The maximum atomic E-state index is 5.39. The van der Waals surface area contributed by atoms with Gasteiger partial charge in [-0.1, -0.05) is 0 Å². The molecule has 0 N–H and O–H groups in total. The van der Waals surface area contributed by atoms with Gasteiger partial charge in [0.1, 0.15) is 11.5 Å². The summed E-state index contributed by atoms with van der Waals surface area (Å²) in [6, 6.07) is 12.5. The molecule has 4 heteroatoms. The van der Waals surface area contributed by atoms with Gasteiger partial charge in [-0.05, 0) is 42.9 Å². The summed E-state index contributed by atoms with van der Waals surface area (Å²) in [4.78, 5) is 0. The average Bonchev–Trinajstić information content (AvgIpc) is 2.87. The van der Waals surface area contributed by atoms with Gasteiger partial charge in [-0.2, -0.15) is 12.6 Å². The molecule has 0 aliphatic carbocycles. The first-order chi connectivity index (χ1) is 10.8. The Morgan fingerprint density at radius 3 is 1.86 bits per heavy atom. The van der Waals surface area contributed by atoms with Crippen molar-refractivity contribution < 1.29 is 9.47 Å². The molecule has 0 aliphatic rings. The molecule has 1 heterocycles. The molecule has 3 nitrogen and oxygen atoms in total. The largest absolute Gasteiger partial charge is 0.497 e. The van der Waals surface area contributed by atoms with E-state index in [9.17, 15) is 0 Å². The Morgan fingerprint density at radius 2 is 1.41 bits per heavy atom.